The normalized spacial score (nSPS) is 24.7. The monoisotopic (exact) mass is 353 g/mol. The number of nitrogens with zero attached hydrogens (tertiary/aromatic N) is 2. The van der Waals surface area contributed by atoms with Crippen LogP contribution in [0.1, 0.15) is 24.9 Å². The van der Waals surface area contributed by atoms with Gasteiger partial charge in [-0.1, -0.05) is 35.0 Å². The molecule has 3 unspecified atom stereocenters. The van der Waals surface area contributed by atoms with Crippen LogP contribution in [0.4, 0.5) is 0 Å². The first kappa shape index (κ1) is 16.9. The molecule has 118 valence electrons. The lowest BCUT2D eigenvalue weighted by Crippen LogP contribution is -2.34. The van der Waals surface area contributed by atoms with Crippen LogP contribution in [0.25, 0.3) is 0 Å². The molecule has 0 aromatic heterocycles. The fraction of sp³-hybridized carbons (Fsp3) is 0.647. The van der Waals surface area contributed by atoms with E-state index in [1.54, 1.807) is 0 Å². The van der Waals surface area contributed by atoms with Crippen LogP contribution >= 0.6 is 15.9 Å². The van der Waals surface area contributed by atoms with Gasteiger partial charge in [-0.3, -0.25) is 0 Å². The van der Waals surface area contributed by atoms with E-state index >= 15 is 0 Å². The number of rotatable bonds is 6. The second kappa shape index (κ2) is 7.73. The molecular weight excluding hydrogens is 326 g/mol. The first-order valence-electron chi connectivity index (χ1n) is 7.82. The van der Waals surface area contributed by atoms with Gasteiger partial charge in [-0.15, -0.1) is 0 Å². The van der Waals surface area contributed by atoms with Gasteiger partial charge in [0.1, 0.15) is 0 Å². The summed E-state index contributed by atoms with van der Waals surface area (Å²) in [5, 5.41) is 3.46. The molecule has 3 atom stereocenters. The summed E-state index contributed by atoms with van der Waals surface area (Å²) < 4.78 is 1.16. The average Bonchev–Trinajstić information content (AvgIpc) is 2.81. The second-order valence-corrected chi connectivity index (χ2v) is 7.37. The Morgan fingerprint density at radius 3 is 2.71 bits per heavy atom. The molecule has 2 rings (SSSR count). The van der Waals surface area contributed by atoms with Crippen molar-refractivity contribution in [3.8, 4) is 0 Å². The lowest BCUT2D eigenvalue weighted by Gasteiger charge is -2.23. The number of nitrogens with one attached hydrogen (secondary N) is 1. The fourth-order valence-corrected chi connectivity index (χ4v) is 3.83. The number of hydrogen-bond donors (Lipinski definition) is 1. The van der Waals surface area contributed by atoms with E-state index in [2.05, 4.69) is 83.4 Å². The van der Waals surface area contributed by atoms with Gasteiger partial charge in [-0.25, -0.2) is 0 Å². The van der Waals surface area contributed by atoms with Crippen molar-refractivity contribution in [1.29, 1.82) is 0 Å². The first-order chi connectivity index (χ1) is 10.0. The van der Waals surface area contributed by atoms with Crippen molar-refractivity contribution >= 4 is 15.9 Å². The molecule has 1 aromatic carbocycles. The van der Waals surface area contributed by atoms with E-state index in [1.165, 1.54) is 18.7 Å². The third-order valence-electron chi connectivity index (χ3n) is 4.65. The van der Waals surface area contributed by atoms with Crippen molar-refractivity contribution in [3.63, 3.8) is 0 Å². The molecule has 1 aliphatic rings. The minimum absolute atomic E-state index is 0.427. The van der Waals surface area contributed by atoms with Gasteiger partial charge in [0.15, 0.2) is 0 Å². The minimum atomic E-state index is 0.427. The molecule has 1 aliphatic heterocycles. The van der Waals surface area contributed by atoms with Gasteiger partial charge in [0.2, 0.25) is 0 Å². The highest BCUT2D eigenvalue weighted by Crippen LogP contribution is 2.24. The van der Waals surface area contributed by atoms with Gasteiger partial charge in [0.05, 0.1) is 0 Å². The number of likely N-dealkylation sites (N-methyl/N-ethyl adjacent to an activating group) is 1. The summed E-state index contributed by atoms with van der Waals surface area (Å²) in [7, 11) is 6.45. The Morgan fingerprint density at radius 1 is 1.38 bits per heavy atom. The van der Waals surface area contributed by atoms with Crippen LogP contribution in [0, 0.1) is 5.92 Å². The summed E-state index contributed by atoms with van der Waals surface area (Å²) in [4.78, 5) is 4.98. The van der Waals surface area contributed by atoms with E-state index < -0.39 is 0 Å². The maximum atomic E-state index is 3.56. The molecule has 4 heteroatoms. The molecule has 0 spiro atoms. The number of likely N-dealkylation sites (tertiary alicyclic amines) is 1. The van der Waals surface area contributed by atoms with Crippen LogP contribution < -0.4 is 5.32 Å². The second-order valence-electron chi connectivity index (χ2n) is 6.45. The Hall–Kier alpha value is -0.420. The fourth-order valence-electron chi connectivity index (χ4n) is 3.42. The zero-order chi connectivity index (χ0) is 15.4. The molecule has 1 N–H and O–H groups in total. The maximum absolute atomic E-state index is 3.56. The zero-order valence-electron chi connectivity index (χ0n) is 13.6. The predicted octanol–water partition coefficient (Wildman–Crippen LogP) is 2.98. The SMILES string of the molecule is CNC(CCN1CC(C)C(N(C)C)C1)c1cccc(Br)c1. The number of halogens is 1. The molecule has 0 saturated carbocycles. The molecule has 1 heterocycles. The van der Waals surface area contributed by atoms with Crippen LogP contribution in [0.15, 0.2) is 28.7 Å². The van der Waals surface area contributed by atoms with Crippen molar-refractivity contribution in [2.75, 3.05) is 40.8 Å². The summed E-state index contributed by atoms with van der Waals surface area (Å²) >= 11 is 3.56. The first-order valence-corrected chi connectivity index (χ1v) is 8.62. The number of benzene rings is 1. The Kier molecular flexibility index (Phi) is 6.23. The lowest BCUT2D eigenvalue weighted by molar-refractivity contribution is 0.248. The highest BCUT2D eigenvalue weighted by Gasteiger charge is 2.30. The average molecular weight is 354 g/mol. The topological polar surface area (TPSA) is 18.5 Å². The highest BCUT2D eigenvalue weighted by atomic mass is 79.9. The summed E-state index contributed by atoms with van der Waals surface area (Å²) in [6.45, 7) is 5.95. The van der Waals surface area contributed by atoms with E-state index in [0.29, 0.717) is 12.1 Å². The third-order valence-corrected chi connectivity index (χ3v) is 5.14. The Bertz CT molecular complexity index is 449. The van der Waals surface area contributed by atoms with Gasteiger partial charge in [0, 0.05) is 36.2 Å². The van der Waals surface area contributed by atoms with Crippen molar-refractivity contribution in [2.24, 2.45) is 5.92 Å². The van der Waals surface area contributed by atoms with E-state index in [0.717, 1.165) is 23.4 Å². The molecule has 1 fully saturated rings. The minimum Gasteiger partial charge on any atom is -0.313 e. The van der Waals surface area contributed by atoms with Crippen LogP contribution in [-0.2, 0) is 0 Å². The molecule has 1 aromatic rings. The Morgan fingerprint density at radius 2 is 2.14 bits per heavy atom. The van der Waals surface area contributed by atoms with E-state index in [1.807, 2.05) is 0 Å². The maximum Gasteiger partial charge on any atom is 0.0330 e. The molecule has 1 saturated heterocycles. The van der Waals surface area contributed by atoms with E-state index in [4.69, 9.17) is 0 Å². The van der Waals surface area contributed by atoms with Gasteiger partial charge in [0.25, 0.3) is 0 Å². The van der Waals surface area contributed by atoms with Gasteiger partial charge < -0.3 is 15.1 Å². The zero-order valence-corrected chi connectivity index (χ0v) is 15.2. The Balaban J connectivity index is 1.90. The molecular formula is C17H28BrN3. The predicted molar refractivity (Wildman–Crippen MR) is 93.6 cm³/mol. The third kappa shape index (κ3) is 4.52. The quantitative estimate of drug-likeness (QED) is 0.847. The largest absolute Gasteiger partial charge is 0.313 e. The molecule has 21 heavy (non-hydrogen) atoms. The van der Waals surface area contributed by atoms with E-state index in [-0.39, 0.29) is 0 Å². The van der Waals surface area contributed by atoms with Crippen LogP contribution in [-0.4, -0.2) is 56.6 Å². The van der Waals surface area contributed by atoms with Gasteiger partial charge in [-0.05, 0) is 51.2 Å². The van der Waals surface area contributed by atoms with Crippen LogP contribution in [0.2, 0.25) is 0 Å². The van der Waals surface area contributed by atoms with Crippen molar-refractivity contribution in [1.82, 2.24) is 15.1 Å². The smallest absolute Gasteiger partial charge is 0.0330 e. The molecule has 0 radical (unpaired) electrons. The molecule has 0 amide bonds. The van der Waals surface area contributed by atoms with Crippen molar-refractivity contribution < 1.29 is 0 Å². The summed E-state index contributed by atoms with van der Waals surface area (Å²) in [5.41, 5.74) is 1.36. The molecule has 0 bridgehead atoms. The lowest BCUT2D eigenvalue weighted by atomic mass is 10.0. The molecule has 0 aliphatic carbocycles. The van der Waals surface area contributed by atoms with Crippen molar-refractivity contribution in [2.45, 2.75) is 25.4 Å². The van der Waals surface area contributed by atoms with E-state index in [9.17, 15) is 0 Å². The molecule has 3 nitrogen and oxygen atoms in total. The van der Waals surface area contributed by atoms with Crippen LogP contribution in [0.5, 0.6) is 0 Å². The summed E-state index contributed by atoms with van der Waals surface area (Å²) in [6, 6.07) is 9.75. The van der Waals surface area contributed by atoms with Crippen molar-refractivity contribution in [3.05, 3.63) is 34.3 Å². The van der Waals surface area contributed by atoms with Gasteiger partial charge >= 0.3 is 0 Å². The Labute approximate surface area is 137 Å². The highest BCUT2D eigenvalue weighted by molar-refractivity contribution is 9.10. The number of hydrogen-bond acceptors (Lipinski definition) is 3. The van der Waals surface area contributed by atoms with Crippen LogP contribution in [0.3, 0.4) is 0 Å². The summed E-state index contributed by atoms with van der Waals surface area (Å²) in [6.07, 6.45) is 1.15. The van der Waals surface area contributed by atoms with Gasteiger partial charge in [-0.2, -0.15) is 0 Å². The standard InChI is InChI=1S/C17H28BrN3/c1-13-11-21(12-17(13)20(3)4)9-8-16(19-2)14-6-5-7-15(18)10-14/h5-7,10,13,16-17,19H,8-9,11-12H2,1-4H3. The summed E-state index contributed by atoms with van der Waals surface area (Å²) in [5.74, 6) is 0.763.